The van der Waals surface area contributed by atoms with E-state index in [1.807, 2.05) is 56.7 Å². The number of aryl methyl sites for hydroxylation is 2. The lowest BCUT2D eigenvalue weighted by molar-refractivity contribution is 0.148. The summed E-state index contributed by atoms with van der Waals surface area (Å²) in [4.78, 5) is 0. The first-order valence-corrected chi connectivity index (χ1v) is 7.24. The summed E-state index contributed by atoms with van der Waals surface area (Å²) in [6.45, 7) is 2.40. The molecule has 1 atom stereocenters. The van der Waals surface area contributed by atoms with Gasteiger partial charge in [0, 0.05) is 19.7 Å². The fourth-order valence-corrected chi connectivity index (χ4v) is 2.52. The van der Waals surface area contributed by atoms with E-state index in [4.69, 9.17) is 0 Å². The number of aliphatic hydroxyl groups excluding tert-OH is 1. The zero-order chi connectivity index (χ0) is 15.5. The van der Waals surface area contributed by atoms with Crippen LogP contribution in [0.1, 0.15) is 11.1 Å². The standard InChI is InChI=1S/C16H19N5O/c1-12-9-20(2)18-16(12)15-11-21(19-17-15)10-14(22)8-13-6-4-3-5-7-13/h3-7,9,11,14,22H,8,10H2,1-2H3/t14-/m0/s1. The average molecular weight is 297 g/mol. The first kappa shape index (κ1) is 14.5. The minimum atomic E-state index is -0.498. The number of rotatable bonds is 5. The maximum Gasteiger partial charge on any atom is 0.133 e. The Morgan fingerprint density at radius 2 is 1.95 bits per heavy atom. The quantitative estimate of drug-likeness (QED) is 0.776. The molecule has 2 aromatic heterocycles. The Kier molecular flexibility index (Phi) is 4.02. The van der Waals surface area contributed by atoms with Crippen LogP contribution in [-0.2, 0) is 20.0 Å². The molecule has 3 aromatic rings. The molecule has 0 amide bonds. The molecular weight excluding hydrogens is 278 g/mol. The molecule has 3 rings (SSSR count). The van der Waals surface area contributed by atoms with E-state index in [0.29, 0.717) is 13.0 Å². The maximum atomic E-state index is 10.2. The van der Waals surface area contributed by atoms with Crippen LogP contribution in [0.3, 0.4) is 0 Å². The summed E-state index contributed by atoms with van der Waals surface area (Å²) >= 11 is 0. The van der Waals surface area contributed by atoms with Gasteiger partial charge in [0.2, 0.25) is 0 Å². The van der Waals surface area contributed by atoms with Crippen LogP contribution in [-0.4, -0.2) is 36.0 Å². The van der Waals surface area contributed by atoms with Crippen molar-refractivity contribution in [3.8, 4) is 11.4 Å². The van der Waals surface area contributed by atoms with E-state index in [2.05, 4.69) is 15.4 Å². The highest BCUT2D eigenvalue weighted by molar-refractivity contribution is 5.56. The Hall–Kier alpha value is -2.47. The zero-order valence-corrected chi connectivity index (χ0v) is 12.7. The lowest BCUT2D eigenvalue weighted by Gasteiger charge is -2.09. The number of benzene rings is 1. The predicted molar refractivity (Wildman–Crippen MR) is 83.1 cm³/mol. The Morgan fingerprint density at radius 1 is 1.18 bits per heavy atom. The average Bonchev–Trinajstić information content (AvgIpc) is 3.06. The SMILES string of the molecule is Cc1cn(C)nc1-c1cn(C[C@@H](O)Cc2ccccc2)nn1. The van der Waals surface area contributed by atoms with Crippen LogP contribution in [0.15, 0.2) is 42.7 Å². The molecule has 0 unspecified atom stereocenters. The lowest BCUT2D eigenvalue weighted by Crippen LogP contribution is -2.19. The van der Waals surface area contributed by atoms with Crippen molar-refractivity contribution in [3.05, 3.63) is 53.9 Å². The summed E-state index contributed by atoms with van der Waals surface area (Å²) in [5, 5.41) is 22.8. The molecule has 0 bridgehead atoms. The van der Waals surface area contributed by atoms with E-state index in [-0.39, 0.29) is 0 Å². The molecule has 0 saturated heterocycles. The van der Waals surface area contributed by atoms with Crippen molar-refractivity contribution < 1.29 is 5.11 Å². The van der Waals surface area contributed by atoms with Crippen molar-refractivity contribution in [2.75, 3.05) is 0 Å². The van der Waals surface area contributed by atoms with Gasteiger partial charge < -0.3 is 5.11 Å². The van der Waals surface area contributed by atoms with Gasteiger partial charge in [0.05, 0.1) is 18.8 Å². The normalized spacial score (nSPS) is 12.5. The molecule has 1 aromatic carbocycles. The first-order chi connectivity index (χ1) is 10.6. The van der Waals surface area contributed by atoms with E-state index in [9.17, 15) is 5.11 Å². The molecule has 2 heterocycles. The van der Waals surface area contributed by atoms with Crippen molar-refractivity contribution >= 4 is 0 Å². The van der Waals surface area contributed by atoms with E-state index in [1.54, 1.807) is 9.36 Å². The number of hydrogen-bond acceptors (Lipinski definition) is 4. The molecule has 0 saturated carbocycles. The number of nitrogens with zero attached hydrogens (tertiary/aromatic N) is 5. The van der Waals surface area contributed by atoms with Gasteiger partial charge in [0.25, 0.3) is 0 Å². The van der Waals surface area contributed by atoms with E-state index in [0.717, 1.165) is 22.5 Å². The van der Waals surface area contributed by atoms with Gasteiger partial charge >= 0.3 is 0 Å². The van der Waals surface area contributed by atoms with E-state index < -0.39 is 6.10 Å². The number of aliphatic hydroxyl groups is 1. The minimum Gasteiger partial charge on any atom is -0.391 e. The van der Waals surface area contributed by atoms with E-state index in [1.165, 1.54) is 0 Å². The fourth-order valence-electron chi connectivity index (χ4n) is 2.52. The van der Waals surface area contributed by atoms with E-state index >= 15 is 0 Å². The predicted octanol–water partition coefficient (Wildman–Crippen LogP) is 1.59. The third kappa shape index (κ3) is 3.23. The topological polar surface area (TPSA) is 68.8 Å². The van der Waals surface area contributed by atoms with Gasteiger partial charge in [-0.1, -0.05) is 35.5 Å². The van der Waals surface area contributed by atoms with Gasteiger partial charge in [-0.3, -0.25) is 4.68 Å². The van der Waals surface area contributed by atoms with Crippen LogP contribution in [0, 0.1) is 6.92 Å². The Balaban J connectivity index is 1.68. The van der Waals surface area contributed by atoms with Crippen molar-refractivity contribution in [2.45, 2.75) is 26.0 Å². The largest absolute Gasteiger partial charge is 0.391 e. The van der Waals surface area contributed by atoms with Crippen molar-refractivity contribution in [1.29, 1.82) is 0 Å². The number of aromatic nitrogens is 5. The first-order valence-electron chi connectivity index (χ1n) is 7.24. The van der Waals surface area contributed by atoms with Gasteiger partial charge in [0.1, 0.15) is 11.4 Å². The van der Waals surface area contributed by atoms with Crippen LogP contribution in [0.4, 0.5) is 0 Å². The van der Waals surface area contributed by atoms with Gasteiger partial charge in [-0.15, -0.1) is 5.10 Å². The number of hydrogen-bond donors (Lipinski definition) is 1. The van der Waals surface area contributed by atoms with Gasteiger partial charge in [-0.25, -0.2) is 4.68 Å². The molecule has 22 heavy (non-hydrogen) atoms. The third-order valence-electron chi connectivity index (χ3n) is 3.50. The minimum absolute atomic E-state index is 0.410. The van der Waals surface area contributed by atoms with Gasteiger partial charge in [-0.05, 0) is 18.1 Å². The molecule has 0 fully saturated rings. The Morgan fingerprint density at radius 3 is 2.64 bits per heavy atom. The molecule has 0 aliphatic heterocycles. The van der Waals surface area contributed by atoms with Crippen molar-refractivity contribution in [2.24, 2.45) is 7.05 Å². The molecule has 0 aliphatic carbocycles. The highest BCUT2D eigenvalue weighted by atomic mass is 16.3. The van der Waals surface area contributed by atoms with Crippen LogP contribution in [0.2, 0.25) is 0 Å². The molecule has 0 radical (unpaired) electrons. The maximum absolute atomic E-state index is 10.2. The Labute approximate surface area is 129 Å². The smallest absolute Gasteiger partial charge is 0.133 e. The Bertz CT molecular complexity index is 747. The van der Waals surface area contributed by atoms with Crippen LogP contribution in [0.25, 0.3) is 11.4 Å². The highest BCUT2D eigenvalue weighted by Gasteiger charge is 2.13. The fraction of sp³-hybridized carbons (Fsp3) is 0.312. The molecule has 6 nitrogen and oxygen atoms in total. The molecule has 114 valence electrons. The molecular formula is C16H19N5O. The molecule has 0 aliphatic rings. The second-order valence-electron chi connectivity index (χ2n) is 5.50. The zero-order valence-electron chi connectivity index (χ0n) is 12.7. The third-order valence-corrected chi connectivity index (χ3v) is 3.50. The van der Waals surface area contributed by atoms with Gasteiger partial charge in [0.15, 0.2) is 0 Å². The van der Waals surface area contributed by atoms with Crippen LogP contribution in [0.5, 0.6) is 0 Å². The van der Waals surface area contributed by atoms with Gasteiger partial charge in [-0.2, -0.15) is 5.10 Å². The second kappa shape index (κ2) is 6.11. The van der Waals surface area contributed by atoms with Crippen LogP contribution >= 0.6 is 0 Å². The van der Waals surface area contributed by atoms with Crippen molar-refractivity contribution in [3.63, 3.8) is 0 Å². The molecule has 0 spiro atoms. The van der Waals surface area contributed by atoms with Crippen molar-refractivity contribution in [1.82, 2.24) is 24.8 Å². The summed E-state index contributed by atoms with van der Waals surface area (Å²) in [6.07, 6.45) is 3.86. The summed E-state index contributed by atoms with van der Waals surface area (Å²) < 4.78 is 3.42. The summed E-state index contributed by atoms with van der Waals surface area (Å²) in [7, 11) is 1.88. The summed E-state index contributed by atoms with van der Waals surface area (Å²) in [5.41, 5.74) is 3.71. The molecule has 6 heteroatoms. The summed E-state index contributed by atoms with van der Waals surface area (Å²) in [5.74, 6) is 0. The second-order valence-corrected chi connectivity index (χ2v) is 5.50. The molecule has 1 N–H and O–H groups in total. The lowest BCUT2D eigenvalue weighted by atomic mass is 10.1. The highest BCUT2D eigenvalue weighted by Crippen LogP contribution is 2.18. The van der Waals surface area contributed by atoms with Crippen LogP contribution < -0.4 is 0 Å². The monoisotopic (exact) mass is 297 g/mol. The summed E-state index contributed by atoms with van der Waals surface area (Å²) in [6, 6.07) is 9.92.